The zero-order valence-corrected chi connectivity index (χ0v) is 5.68. The average molecular weight is 133 g/mol. The van der Waals surface area contributed by atoms with Gasteiger partial charge in [-0.3, -0.25) is 5.10 Å². The van der Waals surface area contributed by atoms with Crippen molar-refractivity contribution in [1.29, 1.82) is 5.26 Å². The summed E-state index contributed by atoms with van der Waals surface area (Å²) >= 11 is 0. The van der Waals surface area contributed by atoms with Crippen LogP contribution >= 0.6 is 0 Å². The molecule has 0 fully saturated rings. The summed E-state index contributed by atoms with van der Waals surface area (Å²) in [6, 6.07) is 1.98. The molecule has 0 unspecified atom stereocenters. The van der Waals surface area contributed by atoms with E-state index in [-0.39, 0.29) is 0 Å². The van der Waals surface area contributed by atoms with Crippen LogP contribution in [-0.4, -0.2) is 10.2 Å². The average Bonchev–Trinajstić information content (AvgIpc) is 2.33. The van der Waals surface area contributed by atoms with Gasteiger partial charge in [-0.25, -0.2) is 0 Å². The monoisotopic (exact) mass is 133 g/mol. The van der Waals surface area contributed by atoms with E-state index in [4.69, 9.17) is 5.26 Å². The zero-order valence-electron chi connectivity index (χ0n) is 5.68. The van der Waals surface area contributed by atoms with Crippen LogP contribution in [-0.2, 0) is 0 Å². The highest BCUT2D eigenvalue weighted by Gasteiger charge is 2.02. The molecule has 0 bridgehead atoms. The standard InChI is InChI=1S/C7H7N3/c1-5(2)6-4-9-10-7(6)3-8/h4H,1H2,2H3,(H,9,10). The van der Waals surface area contributed by atoms with Crippen molar-refractivity contribution in [2.75, 3.05) is 0 Å². The summed E-state index contributed by atoms with van der Waals surface area (Å²) in [5.74, 6) is 0. The van der Waals surface area contributed by atoms with Gasteiger partial charge in [-0.05, 0) is 12.5 Å². The summed E-state index contributed by atoms with van der Waals surface area (Å²) < 4.78 is 0. The van der Waals surface area contributed by atoms with Crippen LogP contribution in [0.5, 0.6) is 0 Å². The summed E-state index contributed by atoms with van der Waals surface area (Å²) in [6.07, 6.45) is 1.60. The Balaban J connectivity index is 3.17. The number of allylic oxidation sites excluding steroid dienone is 1. The summed E-state index contributed by atoms with van der Waals surface area (Å²) in [5.41, 5.74) is 2.13. The lowest BCUT2D eigenvalue weighted by molar-refractivity contribution is 1.07. The van der Waals surface area contributed by atoms with Gasteiger partial charge in [0.1, 0.15) is 11.8 Å². The van der Waals surface area contributed by atoms with Crippen molar-refractivity contribution in [3.8, 4) is 6.07 Å². The summed E-state index contributed by atoms with van der Waals surface area (Å²) in [4.78, 5) is 0. The molecule has 0 saturated heterocycles. The Bertz CT molecular complexity index is 290. The third-order valence-corrected chi connectivity index (χ3v) is 1.21. The van der Waals surface area contributed by atoms with Gasteiger partial charge < -0.3 is 0 Å². The van der Waals surface area contributed by atoms with Gasteiger partial charge in [0.05, 0.1) is 6.20 Å². The quantitative estimate of drug-likeness (QED) is 0.628. The van der Waals surface area contributed by atoms with Crippen LogP contribution in [0.2, 0.25) is 0 Å². The second-order valence-electron chi connectivity index (χ2n) is 2.05. The summed E-state index contributed by atoms with van der Waals surface area (Å²) in [6.45, 7) is 5.53. The minimum atomic E-state index is 0.479. The second-order valence-corrected chi connectivity index (χ2v) is 2.05. The molecular weight excluding hydrogens is 126 g/mol. The Morgan fingerprint density at radius 1 is 1.90 bits per heavy atom. The Kier molecular flexibility index (Phi) is 1.55. The number of nitrogens with one attached hydrogen (secondary N) is 1. The number of hydrogen-bond donors (Lipinski definition) is 1. The van der Waals surface area contributed by atoms with Crippen molar-refractivity contribution < 1.29 is 0 Å². The molecule has 3 heteroatoms. The highest BCUT2D eigenvalue weighted by Crippen LogP contribution is 2.12. The van der Waals surface area contributed by atoms with Crippen LogP contribution < -0.4 is 0 Å². The minimum Gasteiger partial charge on any atom is -0.267 e. The van der Waals surface area contributed by atoms with Crippen LogP contribution in [0, 0.1) is 11.3 Å². The fourth-order valence-electron chi connectivity index (χ4n) is 0.695. The minimum absolute atomic E-state index is 0.479. The first-order valence-corrected chi connectivity index (χ1v) is 2.85. The van der Waals surface area contributed by atoms with Crippen LogP contribution in [0.15, 0.2) is 12.8 Å². The number of aromatic nitrogens is 2. The van der Waals surface area contributed by atoms with E-state index in [1.807, 2.05) is 13.0 Å². The van der Waals surface area contributed by atoms with E-state index in [1.54, 1.807) is 6.20 Å². The summed E-state index contributed by atoms with van der Waals surface area (Å²) in [7, 11) is 0. The number of nitriles is 1. The van der Waals surface area contributed by atoms with Gasteiger partial charge in [0.15, 0.2) is 0 Å². The predicted octanol–water partition coefficient (Wildman–Crippen LogP) is 1.31. The molecule has 1 heterocycles. The number of aromatic amines is 1. The molecule has 0 saturated carbocycles. The molecule has 0 atom stereocenters. The number of hydrogen-bond acceptors (Lipinski definition) is 2. The Morgan fingerprint density at radius 2 is 2.60 bits per heavy atom. The van der Waals surface area contributed by atoms with Crippen LogP contribution in [0.25, 0.3) is 5.57 Å². The molecule has 0 amide bonds. The highest BCUT2D eigenvalue weighted by molar-refractivity contribution is 5.64. The van der Waals surface area contributed by atoms with E-state index >= 15 is 0 Å². The van der Waals surface area contributed by atoms with Crippen LogP contribution in [0.4, 0.5) is 0 Å². The molecule has 1 rings (SSSR count). The molecule has 0 aliphatic heterocycles. The van der Waals surface area contributed by atoms with E-state index in [0.717, 1.165) is 11.1 Å². The normalized spacial score (nSPS) is 8.80. The van der Waals surface area contributed by atoms with Crippen molar-refractivity contribution in [1.82, 2.24) is 10.2 Å². The SMILES string of the molecule is C=C(C)c1cn[nH]c1C#N. The highest BCUT2D eigenvalue weighted by atomic mass is 15.1. The van der Waals surface area contributed by atoms with Gasteiger partial charge in [0.2, 0.25) is 0 Å². The first kappa shape index (κ1) is 6.56. The zero-order chi connectivity index (χ0) is 7.56. The molecule has 0 aromatic carbocycles. The molecule has 1 aromatic rings. The number of nitrogens with zero attached hydrogens (tertiary/aromatic N) is 2. The number of H-pyrrole nitrogens is 1. The maximum Gasteiger partial charge on any atom is 0.143 e. The maximum absolute atomic E-state index is 8.49. The van der Waals surface area contributed by atoms with Gasteiger partial charge >= 0.3 is 0 Å². The molecule has 0 aliphatic rings. The lowest BCUT2D eigenvalue weighted by atomic mass is 10.1. The van der Waals surface area contributed by atoms with Crippen molar-refractivity contribution in [3.63, 3.8) is 0 Å². The van der Waals surface area contributed by atoms with E-state index < -0.39 is 0 Å². The van der Waals surface area contributed by atoms with E-state index in [9.17, 15) is 0 Å². The van der Waals surface area contributed by atoms with Crippen molar-refractivity contribution in [3.05, 3.63) is 24.0 Å². The second kappa shape index (κ2) is 2.36. The Hall–Kier alpha value is -1.56. The molecular formula is C7H7N3. The molecule has 0 spiro atoms. The molecule has 0 radical (unpaired) electrons. The largest absolute Gasteiger partial charge is 0.267 e. The third-order valence-electron chi connectivity index (χ3n) is 1.21. The van der Waals surface area contributed by atoms with Crippen molar-refractivity contribution in [2.24, 2.45) is 0 Å². The third kappa shape index (κ3) is 0.914. The maximum atomic E-state index is 8.49. The molecule has 1 aromatic heterocycles. The van der Waals surface area contributed by atoms with Gasteiger partial charge in [0, 0.05) is 5.56 Å². The molecule has 0 aliphatic carbocycles. The smallest absolute Gasteiger partial charge is 0.143 e. The van der Waals surface area contributed by atoms with Crippen LogP contribution in [0.1, 0.15) is 18.2 Å². The van der Waals surface area contributed by atoms with Gasteiger partial charge in [-0.15, -0.1) is 0 Å². The first-order valence-electron chi connectivity index (χ1n) is 2.85. The van der Waals surface area contributed by atoms with E-state index in [2.05, 4.69) is 16.8 Å². The summed E-state index contributed by atoms with van der Waals surface area (Å²) in [5, 5.41) is 14.8. The van der Waals surface area contributed by atoms with Gasteiger partial charge in [-0.2, -0.15) is 10.4 Å². The van der Waals surface area contributed by atoms with E-state index in [0.29, 0.717) is 5.69 Å². The molecule has 3 nitrogen and oxygen atoms in total. The molecule has 50 valence electrons. The number of rotatable bonds is 1. The van der Waals surface area contributed by atoms with Crippen molar-refractivity contribution >= 4 is 5.57 Å². The fraction of sp³-hybridized carbons (Fsp3) is 0.143. The van der Waals surface area contributed by atoms with E-state index in [1.165, 1.54) is 0 Å². The molecule has 10 heavy (non-hydrogen) atoms. The predicted molar refractivity (Wildman–Crippen MR) is 38.0 cm³/mol. The first-order chi connectivity index (χ1) is 4.75. The fourth-order valence-corrected chi connectivity index (χ4v) is 0.695. The van der Waals surface area contributed by atoms with Crippen LogP contribution in [0.3, 0.4) is 0 Å². The Labute approximate surface area is 59.0 Å². The van der Waals surface area contributed by atoms with Gasteiger partial charge in [0.25, 0.3) is 0 Å². The van der Waals surface area contributed by atoms with Crippen molar-refractivity contribution in [2.45, 2.75) is 6.92 Å². The Morgan fingerprint density at radius 3 is 3.00 bits per heavy atom. The topological polar surface area (TPSA) is 52.5 Å². The lowest BCUT2D eigenvalue weighted by Crippen LogP contribution is -1.79. The molecule has 1 N–H and O–H groups in total. The van der Waals surface area contributed by atoms with Gasteiger partial charge in [-0.1, -0.05) is 6.58 Å². The lowest BCUT2D eigenvalue weighted by Gasteiger charge is -1.89.